The Morgan fingerprint density at radius 1 is 0.956 bits per heavy atom. The number of hydrogen-bond acceptors (Lipinski definition) is 6. The maximum absolute atomic E-state index is 14.5. The lowest BCUT2D eigenvalue weighted by molar-refractivity contribution is -0.163. The molecule has 0 saturated carbocycles. The molecule has 1 fully saturated rings. The summed E-state index contributed by atoms with van der Waals surface area (Å²) >= 11 is 0.518. The number of nitrogens with zero attached hydrogens (tertiary/aromatic N) is 2. The summed E-state index contributed by atoms with van der Waals surface area (Å²) in [4.78, 5) is 27.2. The van der Waals surface area contributed by atoms with Gasteiger partial charge >= 0.3 is 18.3 Å². The lowest BCUT2D eigenvalue weighted by atomic mass is 9.94. The lowest BCUT2D eigenvalue weighted by Gasteiger charge is -2.32. The largest absolute Gasteiger partial charge is 0.481 e. The van der Waals surface area contributed by atoms with Crippen LogP contribution in [0.15, 0.2) is 52.8 Å². The monoisotopic (exact) mass is 662 g/mol. The molecular formula is C31H36F6N2O5S. The number of piperidine rings is 1. The molecule has 1 saturated heterocycles. The Bertz CT molecular complexity index is 1330. The van der Waals surface area contributed by atoms with Gasteiger partial charge in [-0.25, -0.2) is 0 Å². The Morgan fingerprint density at radius 2 is 1.53 bits per heavy atom. The Balaban J connectivity index is 2.00. The number of carbonyl (C=O) groups excluding carboxylic acids is 1. The van der Waals surface area contributed by atoms with Gasteiger partial charge in [0.25, 0.3) is 5.91 Å². The van der Waals surface area contributed by atoms with Gasteiger partial charge in [-0.05, 0) is 56.5 Å². The molecule has 45 heavy (non-hydrogen) atoms. The number of benzene rings is 2. The zero-order valence-corrected chi connectivity index (χ0v) is 25.8. The average molecular weight is 663 g/mol. The van der Waals surface area contributed by atoms with Crippen molar-refractivity contribution in [1.29, 1.82) is 0 Å². The number of carboxylic acid groups (broad SMARTS) is 1. The van der Waals surface area contributed by atoms with Gasteiger partial charge < -0.3 is 24.4 Å². The van der Waals surface area contributed by atoms with Crippen molar-refractivity contribution in [3.8, 4) is 0 Å². The van der Waals surface area contributed by atoms with Crippen LogP contribution in [0.25, 0.3) is 5.57 Å². The van der Waals surface area contributed by atoms with Gasteiger partial charge in [0.15, 0.2) is 0 Å². The smallest absolute Gasteiger partial charge is 0.418 e. The number of aliphatic carboxylic acids is 1. The van der Waals surface area contributed by atoms with Gasteiger partial charge in [-0.3, -0.25) is 9.59 Å². The highest BCUT2D eigenvalue weighted by Gasteiger charge is 2.47. The van der Waals surface area contributed by atoms with Crippen LogP contribution in [0.2, 0.25) is 0 Å². The molecule has 3 rings (SSSR count). The topological polar surface area (TPSA) is 79.3 Å². The Hall–Kier alpha value is -3.23. The molecule has 0 unspecified atom stereocenters. The van der Waals surface area contributed by atoms with E-state index in [1.807, 2.05) is 4.90 Å². The zero-order valence-electron chi connectivity index (χ0n) is 25.0. The molecule has 0 spiro atoms. The van der Waals surface area contributed by atoms with E-state index in [0.29, 0.717) is 56.6 Å². The van der Waals surface area contributed by atoms with Crippen molar-refractivity contribution in [2.24, 2.45) is 5.92 Å². The summed E-state index contributed by atoms with van der Waals surface area (Å²) in [5, 5.41) is 9.24. The first-order valence-corrected chi connectivity index (χ1v) is 15.2. The molecule has 14 heteroatoms. The van der Waals surface area contributed by atoms with Crippen LogP contribution in [0.1, 0.15) is 43.4 Å². The maximum Gasteiger partial charge on any atom is 0.418 e. The average Bonchev–Trinajstić information content (AvgIpc) is 2.98. The van der Waals surface area contributed by atoms with Gasteiger partial charge in [0.1, 0.15) is 0 Å². The number of halogens is 6. The minimum Gasteiger partial charge on any atom is -0.481 e. The molecule has 1 N–H and O–H groups in total. The predicted molar refractivity (Wildman–Crippen MR) is 158 cm³/mol. The van der Waals surface area contributed by atoms with Gasteiger partial charge in [-0.15, -0.1) is 0 Å². The van der Waals surface area contributed by atoms with Crippen molar-refractivity contribution in [2.75, 3.05) is 57.5 Å². The van der Waals surface area contributed by atoms with E-state index in [1.165, 1.54) is 6.07 Å². The Morgan fingerprint density at radius 3 is 2.04 bits per heavy atom. The first-order chi connectivity index (χ1) is 21.2. The number of ether oxygens (including phenoxy) is 2. The van der Waals surface area contributed by atoms with Crippen molar-refractivity contribution < 1.29 is 50.5 Å². The van der Waals surface area contributed by atoms with E-state index >= 15 is 0 Å². The second-order valence-corrected chi connectivity index (χ2v) is 11.3. The predicted octanol–water partition coefficient (Wildman–Crippen LogP) is 7.09. The number of hydrogen-bond donors (Lipinski definition) is 1. The highest BCUT2D eigenvalue weighted by molar-refractivity contribution is 7.99. The quantitative estimate of drug-likeness (QED) is 0.132. The van der Waals surface area contributed by atoms with Crippen molar-refractivity contribution in [2.45, 2.75) is 48.8 Å². The van der Waals surface area contributed by atoms with E-state index in [0.717, 1.165) is 17.0 Å². The van der Waals surface area contributed by atoms with Gasteiger partial charge in [-0.1, -0.05) is 30.5 Å². The van der Waals surface area contributed by atoms with Gasteiger partial charge in [-0.2, -0.15) is 26.3 Å². The van der Waals surface area contributed by atoms with E-state index in [9.17, 15) is 41.0 Å². The summed E-state index contributed by atoms with van der Waals surface area (Å²) in [6, 6.07) is 8.10. The van der Waals surface area contributed by atoms with Crippen LogP contribution in [0.3, 0.4) is 0 Å². The minimum atomic E-state index is -5.47. The molecule has 0 atom stereocenters. The van der Waals surface area contributed by atoms with Gasteiger partial charge in [0.2, 0.25) is 0 Å². The van der Waals surface area contributed by atoms with Gasteiger partial charge in [0, 0.05) is 60.4 Å². The van der Waals surface area contributed by atoms with E-state index in [2.05, 4.69) is 6.58 Å². The molecule has 1 heterocycles. The molecule has 1 aliphatic rings. The number of carbonyl (C=O) groups is 2. The molecule has 7 nitrogen and oxygen atoms in total. The number of rotatable bonds is 14. The van der Waals surface area contributed by atoms with Crippen LogP contribution < -0.4 is 4.90 Å². The second-order valence-electron chi connectivity index (χ2n) is 10.2. The molecule has 2 aromatic carbocycles. The summed E-state index contributed by atoms with van der Waals surface area (Å²) < 4.78 is 97.6. The van der Waals surface area contributed by atoms with E-state index in [1.54, 1.807) is 32.0 Å². The van der Waals surface area contributed by atoms with E-state index in [-0.39, 0.29) is 31.2 Å². The third-order valence-corrected chi connectivity index (χ3v) is 8.33. The van der Waals surface area contributed by atoms with E-state index in [4.69, 9.17) is 9.47 Å². The number of carboxylic acids is 1. The Labute approximate surface area is 262 Å². The van der Waals surface area contributed by atoms with Crippen LogP contribution in [0, 0.1) is 5.92 Å². The summed E-state index contributed by atoms with van der Waals surface area (Å²) in [6.45, 7) is 8.50. The van der Waals surface area contributed by atoms with Crippen LogP contribution in [0.4, 0.5) is 32.0 Å². The SMILES string of the molecule is C=C(C(=O)N(CCOCC)CCOCC)c1ccc(Sc2cccc(N3CCC(C(=O)O)CC3)c2)c(C(F)(F)F)c1C(F)(F)F. The molecule has 0 aromatic heterocycles. The summed E-state index contributed by atoms with van der Waals surface area (Å²) in [6.07, 6.45) is -10.1. The molecule has 2 aromatic rings. The molecule has 0 aliphatic carbocycles. The summed E-state index contributed by atoms with van der Waals surface area (Å²) in [7, 11) is 0. The number of amides is 1. The first kappa shape index (κ1) is 36.2. The lowest BCUT2D eigenvalue weighted by Crippen LogP contribution is -2.37. The standard InChI is InChI=1S/C31H36F6N2O5S/c1-4-43-17-15-39(16-18-44-5-2)28(40)20(3)24-9-10-25(27(31(35,36)37)26(24)30(32,33)34)45-23-8-6-7-22(19-23)38-13-11-21(12-14-38)29(41)42/h6-10,19,21H,3-5,11-18H2,1-2H3,(H,41,42). The molecule has 1 amide bonds. The highest BCUT2D eigenvalue weighted by Crippen LogP contribution is 2.49. The minimum absolute atomic E-state index is 0.0233. The second kappa shape index (κ2) is 15.9. The van der Waals surface area contributed by atoms with Crippen molar-refractivity contribution in [3.05, 3.63) is 59.7 Å². The molecule has 1 aliphatic heterocycles. The number of anilines is 1. The molecule has 0 radical (unpaired) electrons. The Kier molecular flexibility index (Phi) is 12.8. The first-order valence-electron chi connectivity index (χ1n) is 14.4. The van der Waals surface area contributed by atoms with Crippen molar-refractivity contribution >= 4 is 34.9 Å². The normalized spacial score (nSPS) is 14.4. The molecule has 248 valence electrons. The van der Waals surface area contributed by atoms with Crippen LogP contribution in [-0.4, -0.2) is 74.5 Å². The van der Waals surface area contributed by atoms with Gasteiger partial charge in [0.05, 0.1) is 30.3 Å². The zero-order chi connectivity index (χ0) is 33.4. The van der Waals surface area contributed by atoms with Crippen molar-refractivity contribution in [3.63, 3.8) is 0 Å². The van der Waals surface area contributed by atoms with E-state index < -0.39 is 57.3 Å². The maximum atomic E-state index is 14.5. The van der Waals surface area contributed by atoms with Crippen LogP contribution in [-0.2, 0) is 31.4 Å². The molecular weight excluding hydrogens is 626 g/mol. The summed E-state index contributed by atoms with van der Waals surface area (Å²) in [5.41, 5.74) is -4.97. The third kappa shape index (κ3) is 9.63. The fourth-order valence-corrected chi connectivity index (χ4v) is 6.05. The fourth-order valence-electron chi connectivity index (χ4n) is 5.01. The third-order valence-electron chi connectivity index (χ3n) is 7.28. The van der Waals surface area contributed by atoms with Crippen LogP contribution >= 0.6 is 11.8 Å². The van der Waals surface area contributed by atoms with Crippen LogP contribution in [0.5, 0.6) is 0 Å². The van der Waals surface area contributed by atoms with Crippen molar-refractivity contribution in [1.82, 2.24) is 4.90 Å². The summed E-state index contributed by atoms with van der Waals surface area (Å²) in [5.74, 6) is -2.35. The molecule has 0 bridgehead atoms. The fraction of sp³-hybridized carbons (Fsp3) is 0.484. The highest BCUT2D eigenvalue weighted by atomic mass is 32.2. The number of alkyl halides is 6.